The zero-order chi connectivity index (χ0) is 17.8. The Balaban J connectivity index is 0.00000243. The van der Waals surface area contributed by atoms with Crippen LogP contribution in [0.15, 0.2) is 6.20 Å². The van der Waals surface area contributed by atoms with E-state index in [0.29, 0.717) is 31.9 Å². The molecule has 0 spiro atoms. The summed E-state index contributed by atoms with van der Waals surface area (Å²) < 4.78 is 7.15. The molecule has 2 aliphatic rings. The number of nitrogens with one attached hydrogen (secondary N) is 1. The van der Waals surface area contributed by atoms with Crippen molar-refractivity contribution < 1.29 is 14.3 Å². The molecule has 0 aliphatic carbocycles. The lowest BCUT2D eigenvalue weighted by Gasteiger charge is -2.31. The van der Waals surface area contributed by atoms with Crippen molar-refractivity contribution in [2.24, 2.45) is 0 Å². The van der Waals surface area contributed by atoms with Crippen LogP contribution in [0.5, 0.6) is 0 Å². The molecule has 2 aliphatic heterocycles. The topological polar surface area (TPSA) is 79.7 Å². The number of carbonyl (C=O) groups is 2. The predicted molar refractivity (Wildman–Crippen MR) is 99.6 cm³/mol. The number of carbonyl (C=O) groups excluding carboxylic acids is 2. The molecule has 1 atom stereocenters. The highest BCUT2D eigenvalue weighted by Gasteiger charge is 2.36. The second kappa shape index (κ2) is 9.34. The lowest BCUT2D eigenvalue weighted by atomic mass is 10.2. The molecule has 1 unspecified atom stereocenters. The largest absolute Gasteiger partial charge is 0.379 e. The number of rotatable bonds is 6. The average molecular weight is 386 g/mol. The molecule has 0 saturated carbocycles. The van der Waals surface area contributed by atoms with Crippen molar-refractivity contribution in [2.45, 2.75) is 32.9 Å². The fourth-order valence-corrected chi connectivity index (χ4v) is 3.56. The van der Waals surface area contributed by atoms with E-state index in [-0.39, 0.29) is 30.3 Å². The molecule has 8 nitrogen and oxygen atoms in total. The van der Waals surface area contributed by atoms with Gasteiger partial charge >= 0.3 is 0 Å². The molecule has 0 bridgehead atoms. The van der Waals surface area contributed by atoms with Gasteiger partial charge in [0.05, 0.1) is 31.0 Å². The first-order chi connectivity index (χ1) is 12.1. The van der Waals surface area contributed by atoms with Crippen LogP contribution in [0, 0.1) is 6.92 Å². The Bertz CT molecular complexity index is 630. The van der Waals surface area contributed by atoms with Gasteiger partial charge in [-0.1, -0.05) is 0 Å². The minimum Gasteiger partial charge on any atom is -0.379 e. The van der Waals surface area contributed by atoms with Gasteiger partial charge in [-0.2, -0.15) is 5.10 Å². The molecule has 1 N–H and O–H groups in total. The second-order valence-electron chi connectivity index (χ2n) is 6.49. The molecular weight excluding hydrogens is 358 g/mol. The SMILES string of the molecule is CCn1ncc(C(=O)NCCN2CCC(N3CCOCC3)C2=O)c1C.Cl. The van der Waals surface area contributed by atoms with Crippen molar-refractivity contribution in [3.8, 4) is 0 Å². The molecule has 1 aromatic rings. The van der Waals surface area contributed by atoms with Crippen LogP contribution in [0.4, 0.5) is 0 Å². The molecule has 9 heteroatoms. The van der Waals surface area contributed by atoms with Gasteiger partial charge < -0.3 is 15.0 Å². The third-order valence-corrected chi connectivity index (χ3v) is 5.07. The van der Waals surface area contributed by atoms with E-state index in [1.807, 2.05) is 18.7 Å². The Kier molecular flexibility index (Phi) is 7.43. The Morgan fingerprint density at radius 2 is 2.08 bits per heavy atom. The van der Waals surface area contributed by atoms with E-state index in [1.54, 1.807) is 10.9 Å². The van der Waals surface area contributed by atoms with Crippen LogP contribution in [0.25, 0.3) is 0 Å². The van der Waals surface area contributed by atoms with Crippen molar-refractivity contribution in [2.75, 3.05) is 45.9 Å². The molecule has 2 amide bonds. The predicted octanol–water partition coefficient (Wildman–Crippen LogP) is 0.296. The molecule has 2 fully saturated rings. The van der Waals surface area contributed by atoms with E-state index in [0.717, 1.165) is 38.3 Å². The summed E-state index contributed by atoms with van der Waals surface area (Å²) in [5.74, 6) is 0.0414. The van der Waals surface area contributed by atoms with Crippen molar-refractivity contribution in [1.82, 2.24) is 24.9 Å². The molecule has 0 aromatic carbocycles. The number of aromatic nitrogens is 2. The van der Waals surface area contributed by atoms with Crippen LogP contribution in [0.1, 0.15) is 29.4 Å². The lowest BCUT2D eigenvalue weighted by molar-refractivity contribution is -0.133. The summed E-state index contributed by atoms with van der Waals surface area (Å²) >= 11 is 0. The van der Waals surface area contributed by atoms with E-state index in [4.69, 9.17) is 4.74 Å². The molecule has 3 rings (SSSR count). The number of aryl methyl sites for hydroxylation is 1. The summed E-state index contributed by atoms with van der Waals surface area (Å²) in [4.78, 5) is 28.9. The number of halogens is 1. The number of hydrogen-bond donors (Lipinski definition) is 1. The van der Waals surface area contributed by atoms with E-state index in [1.165, 1.54) is 0 Å². The summed E-state index contributed by atoms with van der Waals surface area (Å²) in [5.41, 5.74) is 1.46. The summed E-state index contributed by atoms with van der Waals surface area (Å²) in [7, 11) is 0. The number of hydrogen-bond acceptors (Lipinski definition) is 5. The monoisotopic (exact) mass is 385 g/mol. The molecule has 1 aromatic heterocycles. The first kappa shape index (κ1) is 20.7. The van der Waals surface area contributed by atoms with E-state index < -0.39 is 0 Å². The first-order valence-corrected chi connectivity index (χ1v) is 9.03. The number of morpholine rings is 1. The van der Waals surface area contributed by atoms with Crippen LogP contribution in [-0.4, -0.2) is 83.4 Å². The second-order valence-corrected chi connectivity index (χ2v) is 6.49. The number of amides is 2. The van der Waals surface area contributed by atoms with Crippen LogP contribution < -0.4 is 5.32 Å². The highest BCUT2D eigenvalue weighted by atomic mass is 35.5. The van der Waals surface area contributed by atoms with E-state index in [2.05, 4.69) is 15.3 Å². The first-order valence-electron chi connectivity index (χ1n) is 9.03. The van der Waals surface area contributed by atoms with Gasteiger partial charge in [0.2, 0.25) is 5.91 Å². The van der Waals surface area contributed by atoms with Gasteiger partial charge in [0, 0.05) is 45.0 Å². The highest BCUT2D eigenvalue weighted by Crippen LogP contribution is 2.18. The van der Waals surface area contributed by atoms with E-state index in [9.17, 15) is 9.59 Å². The third-order valence-electron chi connectivity index (χ3n) is 5.07. The fraction of sp³-hybridized carbons (Fsp3) is 0.706. The van der Waals surface area contributed by atoms with Gasteiger partial charge in [0.1, 0.15) is 0 Å². The molecule has 0 radical (unpaired) electrons. The molecule has 3 heterocycles. The van der Waals surface area contributed by atoms with Crippen molar-refractivity contribution in [1.29, 1.82) is 0 Å². The smallest absolute Gasteiger partial charge is 0.254 e. The molecule has 2 saturated heterocycles. The maximum Gasteiger partial charge on any atom is 0.254 e. The van der Waals surface area contributed by atoms with E-state index >= 15 is 0 Å². The normalized spacial score (nSPS) is 20.9. The van der Waals surface area contributed by atoms with Crippen molar-refractivity contribution in [3.63, 3.8) is 0 Å². The number of likely N-dealkylation sites (tertiary alicyclic amines) is 1. The number of nitrogens with zero attached hydrogens (tertiary/aromatic N) is 4. The highest BCUT2D eigenvalue weighted by molar-refractivity contribution is 5.95. The van der Waals surface area contributed by atoms with Crippen molar-refractivity contribution in [3.05, 3.63) is 17.5 Å². The van der Waals surface area contributed by atoms with Gasteiger partial charge in [-0.3, -0.25) is 19.2 Å². The Morgan fingerprint density at radius 1 is 1.35 bits per heavy atom. The van der Waals surface area contributed by atoms with Crippen LogP contribution >= 0.6 is 12.4 Å². The Hall–Kier alpha value is -1.64. The summed E-state index contributed by atoms with van der Waals surface area (Å²) in [6.07, 6.45) is 2.46. The number of ether oxygens (including phenoxy) is 1. The van der Waals surface area contributed by atoms with Crippen LogP contribution in [0.3, 0.4) is 0 Å². The van der Waals surface area contributed by atoms with Gasteiger partial charge in [0.25, 0.3) is 5.91 Å². The summed E-state index contributed by atoms with van der Waals surface area (Å²) in [6, 6.07) is -0.0235. The Morgan fingerprint density at radius 3 is 2.73 bits per heavy atom. The standard InChI is InChI=1S/C17H27N5O3.ClH/c1-3-22-13(2)14(12-19-22)16(23)18-5-7-21-6-4-15(17(21)24)20-8-10-25-11-9-20;/h12,15H,3-11H2,1-2H3,(H,18,23);1H. The molecule has 26 heavy (non-hydrogen) atoms. The van der Waals surface area contributed by atoms with Crippen LogP contribution in [-0.2, 0) is 16.1 Å². The minimum absolute atomic E-state index is 0. The average Bonchev–Trinajstić information content (AvgIpc) is 3.18. The maximum absolute atomic E-state index is 12.6. The van der Waals surface area contributed by atoms with Gasteiger partial charge in [-0.15, -0.1) is 12.4 Å². The Labute approximate surface area is 160 Å². The van der Waals surface area contributed by atoms with Gasteiger partial charge in [-0.05, 0) is 20.3 Å². The quantitative estimate of drug-likeness (QED) is 0.761. The van der Waals surface area contributed by atoms with Gasteiger partial charge in [-0.25, -0.2) is 0 Å². The summed E-state index contributed by atoms with van der Waals surface area (Å²) in [5, 5.41) is 7.09. The summed E-state index contributed by atoms with van der Waals surface area (Å²) in [6.45, 7) is 9.42. The minimum atomic E-state index is -0.131. The van der Waals surface area contributed by atoms with Gasteiger partial charge in [0.15, 0.2) is 0 Å². The van der Waals surface area contributed by atoms with Crippen LogP contribution in [0.2, 0.25) is 0 Å². The maximum atomic E-state index is 12.6. The lowest BCUT2D eigenvalue weighted by Crippen LogP contribution is -2.48. The third kappa shape index (κ3) is 4.36. The molecular formula is C17H28ClN5O3. The zero-order valence-corrected chi connectivity index (χ0v) is 16.3. The fourth-order valence-electron chi connectivity index (χ4n) is 3.56. The zero-order valence-electron chi connectivity index (χ0n) is 15.4. The van der Waals surface area contributed by atoms with Crippen molar-refractivity contribution >= 4 is 24.2 Å². The molecule has 146 valence electrons.